The Kier molecular flexibility index (Phi) is 5.71. The van der Waals surface area contributed by atoms with Crippen LogP contribution in [0.1, 0.15) is 30.9 Å². The summed E-state index contributed by atoms with van der Waals surface area (Å²) < 4.78 is 11.1. The van der Waals surface area contributed by atoms with E-state index in [0.717, 1.165) is 17.4 Å². The smallest absolute Gasteiger partial charge is 0.336 e. The molecule has 0 aliphatic carbocycles. The summed E-state index contributed by atoms with van der Waals surface area (Å²) in [5.74, 6) is 1.23. The molecule has 7 nitrogen and oxygen atoms in total. The summed E-state index contributed by atoms with van der Waals surface area (Å²) in [5.41, 5.74) is 1.66. The van der Waals surface area contributed by atoms with Crippen LogP contribution < -0.4 is 21.2 Å². The van der Waals surface area contributed by atoms with Crippen molar-refractivity contribution in [3.8, 4) is 5.75 Å². The molecule has 0 bridgehead atoms. The van der Waals surface area contributed by atoms with Crippen molar-refractivity contribution in [2.24, 2.45) is 0 Å². The number of rotatable bonds is 7. The molecule has 0 radical (unpaired) electrons. The molecule has 0 spiro atoms. The Bertz CT molecular complexity index is 1060. The number of hydrogen-bond donors (Lipinski definition) is 2. The molecule has 3 aromatic rings. The van der Waals surface area contributed by atoms with E-state index in [9.17, 15) is 9.59 Å². The van der Waals surface area contributed by atoms with Crippen LogP contribution in [0, 0.1) is 6.92 Å². The van der Waals surface area contributed by atoms with Crippen molar-refractivity contribution in [2.45, 2.75) is 39.8 Å². The first kappa shape index (κ1) is 18.8. The van der Waals surface area contributed by atoms with Gasteiger partial charge in [-0.05, 0) is 38.0 Å². The molecule has 2 N–H and O–H groups in total. The first-order valence-electron chi connectivity index (χ1n) is 8.94. The average molecular weight is 369 g/mol. The zero-order valence-electron chi connectivity index (χ0n) is 15.7. The fourth-order valence-electron chi connectivity index (χ4n) is 2.88. The summed E-state index contributed by atoms with van der Waals surface area (Å²) >= 11 is 0. The lowest BCUT2D eigenvalue weighted by Gasteiger charge is -2.15. The van der Waals surface area contributed by atoms with Crippen molar-refractivity contribution in [1.29, 1.82) is 0 Å². The third kappa shape index (κ3) is 4.83. The minimum Gasteiger partial charge on any atom is -0.492 e. The van der Waals surface area contributed by atoms with Crippen molar-refractivity contribution in [3.05, 3.63) is 68.2 Å². The minimum absolute atomic E-state index is 0.0380. The molecule has 142 valence electrons. The van der Waals surface area contributed by atoms with Gasteiger partial charge in [0.05, 0.1) is 5.69 Å². The van der Waals surface area contributed by atoms with Crippen LogP contribution in [0.3, 0.4) is 0 Å². The molecule has 3 rings (SSSR count). The van der Waals surface area contributed by atoms with E-state index >= 15 is 0 Å². The van der Waals surface area contributed by atoms with Gasteiger partial charge in [-0.15, -0.1) is 0 Å². The van der Waals surface area contributed by atoms with Gasteiger partial charge in [-0.2, -0.15) is 0 Å². The summed E-state index contributed by atoms with van der Waals surface area (Å²) in [6.07, 6.45) is 0.763. The van der Waals surface area contributed by atoms with Crippen molar-refractivity contribution in [1.82, 2.24) is 15.3 Å². The predicted octanol–water partition coefficient (Wildman–Crippen LogP) is 2.30. The number of fused-ring (bicyclic) bond motifs is 1. The quantitative estimate of drug-likeness (QED) is 0.620. The van der Waals surface area contributed by atoms with E-state index in [1.54, 1.807) is 13.0 Å². The van der Waals surface area contributed by atoms with Crippen molar-refractivity contribution < 1.29 is 9.15 Å². The van der Waals surface area contributed by atoms with Crippen LogP contribution in [-0.4, -0.2) is 22.6 Å². The summed E-state index contributed by atoms with van der Waals surface area (Å²) in [6.45, 7) is 6.63. The lowest BCUT2D eigenvalue weighted by atomic mass is 10.1. The van der Waals surface area contributed by atoms with Crippen LogP contribution in [0.15, 0.2) is 44.3 Å². The highest BCUT2D eigenvalue weighted by atomic mass is 16.5. The molecule has 1 aromatic carbocycles. The second-order valence-electron chi connectivity index (χ2n) is 6.52. The van der Waals surface area contributed by atoms with Crippen LogP contribution in [-0.2, 0) is 13.0 Å². The third-order valence-corrected chi connectivity index (χ3v) is 4.23. The highest BCUT2D eigenvalue weighted by Crippen LogP contribution is 2.23. The number of aromatic amines is 1. The highest BCUT2D eigenvalue weighted by Gasteiger charge is 2.08. The molecule has 1 atom stereocenters. The number of ether oxygens (including phenoxy) is 1. The molecule has 0 amide bonds. The van der Waals surface area contributed by atoms with E-state index in [1.165, 1.54) is 12.1 Å². The lowest BCUT2D eigenvalue weighted by molar-refractivity contribution is 0.272. The molecule has 0 saturated carbocycles. The van der Waals surface area contributed by atoms with Gasteiger partial charge in [0, 0.05) is 36.2 Å². The summed E-state index contributed by atoms with van der Waals surface area (Å²) in [6, 6.07) is 8.56. The van der Waals surface area contributed by atoms with E-state index in [4.69, 9.17) is 9.15 Å². The minimum atomic E-state index is -0.354. The van der Waals surface area contributed by atoms with Gasteiger partial charge in [-0.25, -0.2) is 9.78 Å². The molecule has 0 aliphatic rings. The standard InChI is InChI=1S/C20H23N3O4/c1-4-14-7-20(25)27-18-9-16(5-6-17(14)18)26-11-12(2)21-10-15-8-19(24)23-13(3)22-15/h5-9,12,21H,4,10-11H2,1-3H3,(H,22,23,24). The topological polar surface area (TPSA) is 97.2 Å². The van der Waals surface area contributed by atoms with Gasteiger partial charge in [0.25, 0.3) is 5.56 Å². The molecule has 7 heteroatoms. The van der Waals surface area contributed by atoms with E-state index in [0.29, 0.717) is 36.0 Å². The molecule has 0 aliphatic heterocycles. The number of aryl methyl sites for hydroxylation is 2. The average Bonchev–Trinajstić information content (AvgIpc) is 2.62. The summed E-state index contributed by atoms with van der Waals surface area (Å²) in [5, 5.41) is 4.20. The maximum Gasteiger partial charge on any atom is 0.336 e. The van der Waals surface area contributed by atoms with Gasteiger partial charge < -0.3 is 19.5 Å². The largest absolute Gasteiger partial charge is 0.492 e. The zero-order chi connectivity index (χ0) is 19.4. The van der Waals surface area contributed by atoms with Gasteiger partial charge in [0.15, 0.2) is 0 Å². The molecular formula is C20H23N3O4. The van der Waals surface area contributed by atoms with Crippen LogP contribution in [0.2, 0.25) is 0 Å². The van der Waals surface area contributed by atoms with Crippen LogP contribution in [0.5, 0.6) is 5.75 Å². The monoisotopic (exact) mass is 369 g/mol. The van der Waals surface area contributed by atoms with Crippen LogP contribution in [0.25, 0.3) is 11.0 Å². The molecule has 2 aromatic heterocycles. The Hall–Kier alpha value is -2.93. The van der Waals surface area contributed by atoms with E-state index in [1.807, 2.05) is 26.0 Å². The Labute approximate surface area is 156 Å². The van der Waals surface area contributed by atoms with Crippen LogP contribution in [0.4, 0.5) is 0 Å². The fraction of sp³-hybridized carbons (Fsp3) is 0.350. The number of hydrogen-bond acceptors (Lipinski definition) is 6. The van der Waals surface area contributed by atoms with Crippen molar-refractivity contribution in [3.63, 3.8) is 0 Å². The van der Waals surface area contributed by atoms with Crippen LogP contribution >= 0.6 is 0 Å². The number of H-pyrrole nitrogens is 1. The van der Waals surface area contributed by atoms with E-state index in [2.05, 4.69) is 15.3 Å². The predicted molar refractivity (Wildman–Crippen MR) is 103 cm³/mol. The van der Waals surface area contributed by atoms with Crippen molar-refractivity contribution in [2.75, 3.05) is 6.61 Å². The Morgan fingerprint density at radius 1 is 1.26 bits per heavy atom. The first-order chi connectivity index (χ1) is 12.9. The second kappa shape index (κ2) is 8.18. The van der Waals surface area contributed by atoms with E-state index < -0.39 is 0 Å². The first-order valence-corrected chi connectivity index (χ1v) is 8.94. The lowest BCUT2D eigenvalue weighted by Crippen LogP contribution is -2.32. The molecule has 0 fully saturated rings. The van der Waals surface area contributed by atoms with Gasteiger partial charge in [-0.1, -0.05) is 6.92 Å². The molecule has 1 unspecified atom stereocenters. The third-order valence-electron chi connectivity index (χ3n) is 4.23. The summed E-state index contributed by atoms with van der Waals surface area (Å²) in [7, 11) is 0. The molecule has 27 heavy (non-hydrogen) atoms. The Morgan fingerprint density at radius 3 is 2.81 bits per heavy atom. The molecular weight excluding hydrogens is 346 g/mol. The maximum atomic E-state index is 11.7. The Balaban J connectivity index is 1.62. The highest BCUT2D eigenvalue weighted by molar-refractivity contribution is 5.81. The molecule has 2 heterocycles. The van der Waals surface area contributed by atoms with Gasteiger partial charge in [-0.3, -0.25) is 4.79 Å². The van der Waals surface area contributed by atoms with E-state index in [-0.39, 0.29) is 17.2 Å². The van der Waals surface area contributed by atoms with Gasteiger partial charge >= 0.3 is 5.63 Å². The number of nitrogens with zero attached hydrogens (tertiary/aromatic N) is 1. The summed E-state index contributed by atoms with van der Waals surface area (Å²) in [4.78, 5) is 30.0. The zero-order valence-corrected chi connectivity index (χ0v) is 15.7. The fourth-order valence-corrected chi connectivity index (χ4v) is 2.88. The molecule has 0 saturated heterocycles. The van der Waals surface area contributed by atoms with Crippen molar-refractivity contribution >= 4 is 11.0 Å². The van der Waals surface area contributed by atoms with Gasteiger partial charge in [0.2, 0.25) is 0 Å². The second-order valence-corrected chi connectivity index (χ2v) is 6.52. The Morgan fingerprint density at radius 2 is 2.07 bits per heavy atom. The number of benzene rings is 1. The van der Waals surface area contributed by atoms with Gasteiger partial charge in [0.1, 0.15) is 23.8 Å². The normalized spacial score (nSPS) is 12.3. The number of nitrogens with one attached hydrogen (secondary N) is 2. The maximum absolute atomic E-state index is 11.7. The SMILES string of the molecule is CCc1cc(=O)oc2cc(OCC(C)NCc3cc(=O)[nH]c(C)n3)ccc12. The number of aromatic nitrogens is 2.